The fourth-order valence-electron chi connectivity index (χ4n) is 1.30. The molecule has 2 aromatic rings. The highest BCUT2D eigenvalue weighted by molar-refractivity contribution is 5.50. The molecule has 0 aliphatic heterocycles. The molecule has 2 aromatic carbocycles. The second kappa shape index (κ2) is 4.52. The Labute approximate surface area is 97.0 Å². The number of rotatable bonds is 3. The molecule has 0 aliphatic rings. The summed E-state index contributed by atoms with van der Waals surface area (Å²) in [7, 11) is 0. The van der Waals surface area contributed by atoms with E-state index in [1.54, 1.807) is 24.3 Å². The van der Waals surface area contributed by atoms with Gasteiger partial charge >= 0.3 is 5.69 Å². The van der Waals surface area contributed by atoms with Crippen molar-refractivity contribution in [2.45, 2.75) is 0 Å². The third-order valence-electron chi connectivity index (χ3n) is 2.07. The van der Waals surface area contributed by atoms with Crippen LogP contribution in [-0.2, 0) is 0 Å². The molecule has 0 unspecified atom stereocenters. The van der Waals surface area contributed by atoms with Gasteiger partial charge in [-0.25, -0.2) is 0 Å². The first kappa shape index (κ1) is 10.9. The van der Waals surface area contributed by atoms with Crippen molar-refractivity contribution in [1.82, 2.24) is 0 Å². The Morgan fingerprint density at radius 3 is 2.47 bits per heavy atom. The molecule has 1 N–H and O–H groups in total. The Morgan fingerprint density at radius 2 is 1.88 bits per heavy atom. The maximum absolute atomic E-state index is 10.5. The third-order valence-corrected chi connectivity index (χ3v) is 2.07. The minimum absolute atomic E-state index is 0.333. The van der Waals surface area contributed by atoms with E-state index in [1.807, 2.05) is 0 Å². The zero-order valence-corrected chi connectivity index (χ0v) is 8.66. The summed E-state index contributed by atoms with van der Waals surface area (Å²) in [4.78, 5) is 9.84. The van der Waals surface area contributed by atoms with Crippen molar-refractivity contribution >= 4 is 5.69 Å². The number of nitro groups is 1. The Kier molecular flexibility index (Phi) is 2.91. The smallest absolute Gasteiger partial charge is 0.310 e. The number of phenols is 1. The second-order valence-electron chi connectivity index (χ2n) is 3.25. The van der Waals surface area contributed by atoms with Gasteiger partial charge in [-0.1, -0.05) is 12.1 Å². The van der Waals surface area contributed by atoms with Crippen molar-refractivity contribution in [2.24, 2.45) is 0 Å². The van der Waals surface area contributed by atoms with Crippen LogP contribution in [0.2, 0.25) is 0 Å². The van der Waals surface area contributed by atoms with Crippen LogP contribution in [0.5, 0.6) is 17.2 Å². The molecule has 1 radical (unpaired) electrons. The SMILES string of the molecule is O=[N+]([O-])c1ccc(Oc2cc[c]cc2)cc1O. The number of aromatic hydroxyl groups is 1. The number of nitro benzene ring substituents is 1. The fraction of sp³-hybridized carbons (Fsp3) is 0. The Hall–Kier alpha value is -2.56. The second-order valence-corrected chi connectivity index (χ2v) is 3.25. The van der Waals surface area contributed by atoms with Crippen LogP contribution < -0.4 is 4.74 Å². The molecule has 0 saturated carbocycles. The van der Waals surface area contributed by atoms with Crippen LogP contribution in [0.15, 0.2) is 42.5 Å². The molecule has 17 heavy (non-hydrogen) atoms. The molecule has 0 saturated heterocycles. The molecule has 0 spiro atoms. The van der Waals surface area contributed by atoms with Gasteiger partial charge in [-0.3, -0.25) is 10.1 Å². The number of hydrogen-bond acceptors (Lipinski definition) is 4. The van der Waals surface area contributed by atoms with E-state index in [0.29, 0.717) is 11.5 Å². The summed E-state index contributed by atoms with van der Waals surface area (Å²) in [6.07, 6.45) is 0. The summed E-state index contributed by atoms with van der Waals surface area (Å²) in [5.41, 5.74) is -0.348. The highest BCUT2D eigenvalue weighted by atomic mass is 16.6. The monoisotopic (exact) mass is 230 g/mol. The van der Waals surface area contributed by atoms with Crippen LogP contribution in [0.25, 0.3) is 0 Å². The standard InChI is InChI=1S/C12H8NO4/c14-12-8-10(6-7-11(12)13(15)16)17-9-4-2-1-3-5-9/h2-8,14H. The van der Waals surface area contributed by atoms with E-state index >= 15 is 0 Å². The molecular formula is C12H8NO4. The van der Waals surface area contributed by atoms with Crippen LogP contribution >= 0.6 is 0 Å². The average Bonchev–Trinajstić information content (AvgIpc) is 2.30. The first-order chi connectivity index (χ1) is 8.16. The fourth-order valence-corrected chi connectivity index (χ4v) is 1.30. The van der Waals surface area contributed by atoms with Gasteiger partial charge in [-0.05, 0) is 24.3 Å². The van der Waals surface area contributed by atoms with Gasteiger partial charge < -0.3 is 9.84 Å². The summed E-state index contributed by atoms with van der Waals surface area (Å²) in [6.45, 7) is 0. The molecule has 0 fully saturated rings. The number of hydrogen-bond donors (Lipinski definition) is 1. The van der Waals surface area contributed by atoms with Gasteiger partial charge in [0.1, 0.15) is 11.5 Å². The van der Waals surface area contributed by atoms with Gasteiger partial charge in [0.05, 0.1) is 4.92 Å². The van der Waals surface area contributed by atoms with Gasteiger partial charge in [0.15, 0.2) is 5.75 Å². The minimum Gasteiger partial charge on any atom is -0.502 e. The van der Waals surface area contributed by atoms with Crippen LogP contribution in [0.3, 0.4) is 0 Å². The van der Waals surface area contributed by atoms with Crippen LogP contribution in [0, 0.1) is 16.2 Å². The number of benzene rings is 2. The quantitative estimate of drug-likeness (QED) is 0.649. The van der Waals surface area contributed by atoms with Crippen LogP contribution in [-0.4, -0.2) is 10.0 Å². The van der Waals surface area contributed by atoms with Gasteiger partial charge in [-0.15, -0.1) is 0 Å². The van der Waals surface area contributed by atoms with Crippen molar-refractivity contribution < 1.29 is 14.8 Å². The lowest BCUT2D eigenvalue weighted by molar-refractivity contribution is -0.385. The van der Waals surface area contributed by atoms with Gasteiger partial charge in [0, 0.05) is 12.1 Å². The summed E-state index contributed by atoms with van der Waals surface area (Å²) in [5, 5.41) is 19.9. The highest BCUT2D eigenvalue weighted by Gasteiger charge is 2.13. The molecule has 0 amide bonds. The van der Waals surface area contributed by atoms with Crippen molar-refractivity contribution in [3.8, 4) is 17.2 Å². The van der Waals surface area contributed by atoms with E-state index in [1.165, 1.54) is 18.2 Å². The molecule has 5 heteroatoms. The van der Waals surface area contributed by atoms with Crippen LogP contribution in [0.4, 0.5) is 5.69 Å². The predicted molar refractivity (Wildman–Crippen MR) is 60.1 cm³/mol. The third kappa shape index (κ3) is 2.52. The molecule has 0 bridgehead atoms. The van der Waals surface area contributed by atoms with Gasteiger partial charge in [-0.2, -0.15) is 0 Å². The van der Waals surface area contributed by atoms with Crippen molar-refractivity contribution in [2.75, 3.05) is 0 Å². The lowest BCUT2D eigenvalue weighted by atomic mass is 10.3. The summed E-state index contributed by atoms with van der Waals surface area (Å²) in [5.74, 6) is 0.478. The molecule has 0 aromatic heterocycles. The van der Waals surface area contributed by atoms with Gasteiger partial charge in [0.2, 0.25) is 0 Å². The molecule has 0 aliphatic carbocycles. The molecule has 0 atom stereocenters. The first-order valence-corrected chi connectivity index (χ1v) is 4.78. The van der Waals surface area contributed by atoms with Gasteiger partial charge in [0.25, 0.3) is 0 Å². The maximum Gasteiger partial charge on any atom is 0.310 e. The lowest BCUT2D eigenvalue weighted by Gasteiger charge is -2.05. The van der Waals surface area contributed by atoms with Crippen molar-refractivity contribution in [3.05, 3.63) is 58.6 Å². The average molecular weight is 230 g/mol. The summed E-state index contributed by atoms with van der Waals surface area (Å²) < 4.78 is 5.39. The molecular weight excluding hydrogens is 222 g/mol. The van der Waals surface area contributed by atoms with E-state index in [0.717, 1.165) is 0 Å². The highest BCUT2D eigenvalue weighted by Crippen LogP contribution is 2.31. The predicted octanol–water partition coefficient (Wildman–Crippen LogP) is 2.89. The summed E-state index contributed by atoms with van der Waals surface area (Å²) >= 11 is 0. The van der Waals surface area contributed by atoms with Crippen LogP contribution in [0.1, 0.15) is 0 Å². The zero-order valence-electron chi connectivity index (χ0n) is 8.66. The Morgan fingerprint density at radius 1 is 1.18 bits per heavy atom. The molecule has 5 nitrogen and oxygen atoms in total. The molecule has 85 valence electrons. The molecule has 0 heterocycles. The Balaban J connectivity index is 2.24. The number of ether oxygens (including phenoxy) is 1. The number of nitrogens with zero attached hydrogens (tertiary/aromatic N) is 1. The maximum atomic E-state index is 10.5. The normalized spacial score (nSPS) is 9.88. The van der Waals surface area contributed by atoms with E-state index in [4.69, 9.17) is 4.74 Å². The summed E-state index contributed by atoms with van der Waals surface area (Å²) in [6, 6.07) is 13.4. The van der Waals surface area contributed by atoms with Crippen molar-refractivity contribution in [1.29, 1.82) is 0 Å². The first-order valence-electron chi connectivity index (χ1n) is 4.78. The minimum atomic E-state index is -0.656. The van der Waals surface area contributed by atoms with Crippen molar-refractivity contribution in [3.63, 3.8) is 0 Å². The lowest BCUT2D eigenvalue weighted by Crippen LogP contribution is -1.89. The number of phenolic OH excluding ortho intramolecular Hbond substituents is 1. The zero-order chi connectivity index (χ0) is 12.3. The van der Waals surface area contributed by atoms with E-state index in [2.05, 4.69) is 6.07 Å². The van der Waals surface area contributed by atoms with E-state index in [9.17, 15) is 15.2 Å². The molecule has 2 rings (SSSR count). The topological polar surface area (TPSA) is 72.6 Å². The van der Waals surface area contributed by atoms with E-state index < -0.39 is 10.7 Å². The largest absolute Gasteiger partial charge is 0.502 e. The Bertz CT molecular complexity index is 539. The van der Waals surface area contributed by atoms with E-state index in [-0.39, 0.29) is 5.69 Å².